The van der Waals surface area contributed by atoms with Crippen molar-refractivity contribution in [3.8, 4) is 17.2 Å². The van der Waals surface area contributed by atoms with Crippen LogP contribution in [0.1, 0.15) is 109 Å². The maximum absolute atomic E-state index is 14.9. The highest BCUT2D eigenvalue weighted by atomic mass is 16.7. The monoisotopic (exact) mass is 1030 g/mol. The van der Waals surface area contributed by atoms with Crippen LogP contribution >= 0.6 is 0 Å². The number of allylic oxidation sites excluding steroid dienone is 3. The number of phenols is 2. The fraction of sp³-hybridized carbons (Fsp3) is 0.517. The summed E-state index contributed by atoms with van der Waals surface area (Å²) < 4.78 is 18.8. The first kappa shape index (κ1) is 53.3. The van der Waals surface area contributed by atoms with Gasteiger partial charge in [-0.05, 0) is 51.2 Å². The second kappa shape index (κ2) is 20.5. The summed E-state index contributed by atoms with van der Waals surface area (Å²) in [5.41, 5.74) is 2.45. The van der Waals surface area contributed by atoms with Crippen LogP contribution in [0.5, 0.6) is 17.2 Å². The topological polar surface area (TPSA) is 236 Å². The van der Waals surface area contributed by atoms with Crippen LogP contribution in [0.25, 0.3) is 21.7 Å². The summed E-state index contributed by atoms with van der Waals surface area (Å²) in [6, 6.07) is 7.92. The zero-order valence-electron chi connectivity index (χ0n) is 44.7. The van der Waals surface area contributed by atoms with Crippen LogP contribution in [0.4, 0.5) is 5.69 Å². The van der Waals surface area contributed by atoms with Gasteiger partial charge in [0.2, 0.25) is 5.91 Å². The number of H-pyrrole nitrogens is 1. The number of aromatic amines is 1. The van der Waals surface area contributed by atoms with E-state index in [1.54, 1.807) is 63.8 Å². The van der Waals surface area contributed by atoms with Gasteiger partial charge < -0.3 is 54.7 Å². The van der Waals surface area contributed by atoms with Crippen LogP contribution in [0.3, 0.4) is 0 Å². The lowest BCUT2D eigenvalue weighted by Crippen LogP contribution is -2.46. The molecular formula is C58H72N6O11. The molecule has 0 saturated carbocycles. The van der Waals surface area contributed by atoms with Crippen LogP contribution in [0.15, 0.2) is 70.4 Å². The number of esters is 1. The van der Waals surface area contributed by atoms with Gasteiger partial charge in [-0.3, -0.25) is 29.2 Å². The van der Waals surface area contributed by atoms with E-state index in [1.165, 1.54) is 20.1 Å². The summed E-state index contributed by atoms with van der Waals surface area (Å²) in [5, 5.41) is 52.1. The number of ketones is 1. The molecule has 1 spiro atoms. The Labute approximate surface area is 437 Å². The summed E-state index contributed by atoms with van der Waals surface area (Å²) >= 11 is 0. The first-order chi connectivity index (χ1) is 35.5. The lowest BCUT2D eigenvalue weighted by molar-refractivity contribution is -0.168. The fourth-order valence-electron chi connectivity index (χ4n) is 11.7. The number of nitrogens with zero attached hydrogens (tertiary/aromatic N) is 4. The molecule has 6 aliphatic rings. The Morgan fingerprint density at radius 3 is 2.36 bits per heavy atom. The number of aliphatic hydroxyl groups excluding tert-OH is 2. The Kier molecular flexibility index (Phi) is 14.6. The van der Waals surface area contributed by atoms with Crippen molar-refractivity contribution in [1.82, 2.24) is 14.8 Å². The number of aromatic nitrogens is 1. The molecule has 0 aliphatic carbocycles. The smallest absolute Gasteiger partial charge is 0.318 e. The molecule has 7 heterocycles. The van der Waals surface area contributed by atoms with E-state index in [-0.39, 0.29) is 67.7 Å². The van der Waals surface area contributed by atoms with Gasteiger partial charge >= 0.3 is 11.8 Å². The number of carbonyl (C=O) groups excluding carboxylic acids is 4. The van der Waals surface area contributed by atoms with Crippen molar-refractivity contribution in [2.24, 2.45) is 45.5 Å². The number of Topliss-reactive ketones (excluding diaryl/α,β-unsaturated/α-hetero) is 1. The average molecular weight is 1030 g/mol. The molecule has 4 aromatic rings. The van der Waals surface area contributed by atoms with E-state index >= 15 is 0 Å². The Balaban J connectivity index is 1.06. The molecule has 9 atom stereocenters. The normalized spacial score (nSPS) is 29.2. The molecule has 6 N–H and O–H groups in total. The number of rotatable bonds is 5. The minimum Gasteiger partial charge on any atom is -0.507 e. The van der Waals surface area contributed by atoms with Gasteiger partial charge in [-0.25, -0.2) is 0 Å². The Morgan fingerprint density at radius 1 is 0.933 bits per heavy atom. The van der Waals surface area contributed by atoms with Crippen molar-refractivity contribution in [3.63, 3.8) is 0 Å². The molecule has 75 heavy (non-hydrogen) atoms. The van der Waals surface area contributed by atoms with Gasteiger partial charge in [0.1, 0.15) is 34.6 Å². The average Bonchev–Trinajstić information content (AvgIpc) is 4.08. The third kappa shape index (κ3) is 9.71. The highest BCUT2D eigenvalue weighted by Crippen LogP contribution is 2.50. The Hall–Kier alpha value is -6.56. The number of hydrogen-bond acceptors (Lipinski definition) is 14. The zero-order chi connectivity index (χ0) is 54.0. The predicted molar refractivity (Wildman–Crippen MR) is 282 cm³/mol. The number of likely N-dealkylation sites (tertiary alicyclic amines) is 1. The number of aliphatic hydroxyl groups is 2. The van der Waals surface area contributed by atoms with E-state index in [2.05, 4.69) is 29.0 Å². The molecule has 1 saturated heterocycles. The number of ether oxygens (including phenoxy) is 3. The van der Waals surface area contributed by atoms with Crippen molar-refractivity contribution in [3.05, 3.63) is 93.5 Å². The SMILES string of the molecule is C/C1=C/C=C/[C@H](C)[C@H](O)[C@@H](C)C(O)[C@@H](C)C(OC(=O)C(C)C(=O)N2CCc3[nH]c4ccccc4c3C2)[C@H](C)C/C=C/OC2(C)Oc3c(C)c(O)c4c(O)c(c5c(c4c3C2=O)=NC2(CCN(CC(C)C)CC2)N=5)NC1=O. The maximum Gasteiger partial charge on any atom is 0.318 e. The summed E-state index contributed by atoms with van der Waals surface area (Å²) in [6.45, 7) is 20.6. The summed E-state index contributed by atoms with van der Waals surface area (Å²) in [5.74, 6) is -8.35. The molecule has 2 amide bonds. The van der Waals surface area contributed by atoms with Gasteiger partial charge in [-0.1, -0.05) is 78.0 Å². The van der Waals surface area contributed by atoms with E-state index in [0.29, 0.717) is 51.4 Å². The van der Waals surface area contributed by atoms with Crippen LogP contribution in [-0.2, 0) is 36.8 Å². The third-order valence-corrected chi connectivity index (χ3v) is 16.3. The van der Waals surface area contributed by atoms with Crippen LogP contribution in [0, 0.1) is 42.4 Å². The molecule has 17 nitrogen and oxygen atoms in total. The molecule has 3 aromatic carbocycles. The molecule has 1 fully saturated rings. The van der Waals surface area contributed by atoms with Gasteiger partial charge in [-0.2, -0.15) is 0 Å². The number of hydrogen-bond donors (Lipinski definition) is 6. The van der Waals surface area contributed by atoms with E-state index in [4.69, 9.17) is 24.2 Å². The van der Waals surface area contributed by atoms with Crippen molar-refractivity contribution in [2.75, 3.05) is 31.5 Å². The highest BCUT2D eigenvalue weighted by molar-refractivity contribution is 6.19. The van der Waals surface area contributed by atoms with Crippen LogP contribution < -0.4 is 20.8 Å². The first-order valence-electron chi connectivity index (χ1n) is 26.5. The lowest BCUT2D eigenvalue weighted by atomic mass is 9.79. The molecule has 400 valence electrons. The highest BCUT2D eigenvalue weighted by Gasteiger charge is 2.50. The van der Waals surface area contributed by atoms with E-state index in [0.717, 1.165) is 28.7 Å². The fourth-order valence-corrected chi connectivity index (χ4v) is 11.7. The predicted octanol–water partition coefficient (Wildman–Crippen LogP) is 6.81. The third-order valence-electron chi connectivity index (χ3n) is 16.3. The molecule has 5 bridgehead atoms. The Morgan fingerprint density at radius 2 is 1.64 bits per heavy atom. The van der Waals surface area contributed by atoms with Crippen molar-refractivity contribution < 1.29 is 53.8 Å². The number of benzene rings is 3. The lowest BCUT2D eigenvalue weighted by Gasteiger charge is -2.37. The Bertz CT molecular complexity index is 3190. The first-order valence-corrected chi connectivity index (χ1v) is 26.5. The summed E-state index contributed by atoms with van der Waals surface area (Å²) in [4.78, 5) is 75.1. The zero-order valence-corrected chi connectivity index (χ0v) is 44.7. The number of anilines is 1. The van der Waals surface area contributed by atoms with Crippen LogP contribution in [-0.4, -0.2) is 115 Å². The van der Waals surface area contributed by atoms with Gasteiger partial charge in [0.25, 0.3) is 11.7 Å². The largest absolute Gasteiger partial charge is 0.507 e. The number of amides is 2. The van der Waals surface area contributed by atoms with Gasteiger partial charge in [0, 0.05) is 115 Å². The number of phenolic OH excluding ortho intramolecular Hbond substituents is 2. The standard InChI is InChI=1S/C58H72N6O11/c1-29(2)27-63-24-21-58(22-25-63)61-44-41-42-49(67)35(8)52-43(41)53(69)57(10,75-52)73-26-14-17-31(4)51(74-56(72)36(9)55(71)64-23-20-40-38(28-64)37-18-11-12-19-39(37)59-40)34(7)48(66)33(6)47(65)30(3)15-13-16-32(5)54(70)60-46(50(42)68)45(44)62-58/h11-16,18-19,26,29-31,33-34,36,47-48,51,59,65-68H,17,20-25,27-28H2,1-10H3,(H,60,70)/b15-13+,26-14+,32-16-/t30-,31+,33+,34+,36?,47-,48?,51?,57?/m0/s1. The van der Waals surface area contributed by atoms with Crippen LogP contribution in [0.2, 0.25) is 0 Å². The van der Waals surface area contributed by atoms with Crippen molar-refractivity contribution in [2.45, 2.75) is 131 Å². The minimum atomic E-state index is -1.96. The van der Waals surface area contributed by atoms with Crippen molar-refractivity contribution >= 4 is 50.9 Å². The second-order valence-electron chi connectivity index (χ2n) is 22.3. The van der Waals surface area contributed by atoms with E-state index < -0.39 is 82.8 Å². The molecule has 1 aromatic heterocycles. The van der Waals surface area contributed by atoms with E-state index in [9.17, 15) is 39.6 Å². The number of nitrogens with one attached hydrogen (secondary N) is 2. The van der Waals surface area contributed by atoms with Gasteiger partial charge in [-0.15, -0.1) is 0 Å². The molecule has 10 rings (SSSR count). The van der Waals surface area contributed by atoms with Crippen molar-refractivity contribution in [1.29, 1.82) is 0 Å². The molecule has 0 radical (unpaired) electrons. The number of aromatic hydroxyl groups is 2. The number of fused-ring (bicyclic) bond motifs is 16. The molecule has 6 aliphatic heterocycles. The quantitative estimate of drug-likeness (QED) is 0.0688. The number of para-hydroxylation sites is 1. The summed E-state index contributed by atoms with van der Waals surface area (Å²) in [7, 11) is 0. The summed E-state index contributed by atoms with van der Waals surface area (Å²) in [6.07, 6.45) is 6.52. The molecule has 17 heteroatoms. The second-order valence-corrected chi connectivity index (χ2v) is 22.3. The molecule has 4 unspecified atom stereocenters. The van der Waals surface area contributed by atoms with Gasteiger partial charge in [0.15, 0.2) is 11.4 Å². The minimum absolute atomic E-state index is 0.0354. The molecular weight excluding hydrogens is 957 g/mol. The maximum atomic E-state index is 14.9. The number of piperidine rings is 1. The number of carbonyl (C=O) groups is 4. The van der Waals surface area contributed by atoms with E-state index in [1.807, 2.05) is 31.2 Å². The van der Waals surface area contributed by atoms with Gasteiger partial charge in [0.05, 0.1) is 34.8 Å².